The van der Waals surface area contributed by atoms with Crippen LogP contribution in [0.25, 0.3) is 0 Å². The van der Waals surface area contributed by atoms with Gasteiger partial charge in [0.1, 0.15) is 12.4 Å². The molecule has 0 bridgehead atoms. The molecule has 3 rings (SSSR count). The van der Waals surface area contributed by atoms with Crippen LogP contribution >= 0.6 is 11.8 Å². The maximum Gasteiger partial charge on any atom is 0.193 e. The summed E-state index contributed by atoms with van der Waals surface area (Å²) >= 11 is 1.95. The molecule has 0 aliphatic carbocycles. The molecule has 0 saturated carbocycles. The molecule has 5 nitrogen and oxygen atoms in total. The van der Waals surface area contributed by atoms with Crippen LogP contribution in [0.4, 0.5) is 0 Å². The minimum Gasteiger partial charge on any atom is -0.490 e. The van der Waals surface area contributed by atoms with Gasteiger partial charge < -0.3 is 15.0 Å². The van der Waals surface area contributed by atoms with Gasteiger partial charge in [0.25, 0.3) is 0 Å². The first-order valence-corrected chi connectivity index (χ1v) is 10.00. The Morgan fingerprint density at radius 2 is 2.19 bits per heavy atom. The van der Waals surface area contributed by atoms with Crippen molar-refractivity contribution < 1.29 is 4.74 Å². The zero-order valence-electron chi connectivity index (χ0n) is 15.2. The molecule has 2 aromatic rings. The molecule has 26 heavy (non-hydrogen) atoms. The number of hydrogen-bond acceptors (Lipinski definition) is 4. The predicted octanol–water partition coefficient (Wildman–Crippen LogP) is 3.15. The zero-order valence-corrected chi connectivity index (χ0v) is 16.0. The summed E-state index contributed by atoms with van der Waals surface area (Å²) in [4.78, 5) is 12.2. The van der Waals surface area contributed by atoms with Crippen molar-refractivity contribution in [3.63, 3.8) is 0 Å². The van der Waals surface area contributed by atoms with Crippen LogP contribution in [0.2, 0.25) is 0 Å². The van der Waals surface area contributed by atoms with Gasteiger partial charge in [0, 0.05) is 37.0 Å². The van der Waals surface area contributed by atoms with Crippen molar-refractivity contribution in [1.29, 1.82) is 0 Å². The number of rotatable bonds is 7. The summed E-state index contributed by atoms with van der Waals surface area (Å²) in [6, 6.07) is 14.4. The number of hydrogen-bond donors (Lipinski definition) is 1. The van der Waals surface area contributed by atoms with Gasteiger partial charge in [-0.15, -0.1) is 11.8 Å². The van der Waals surface area contributed by atoms with E-state index in [1.165, 1.54) is 11.3 Å². The quantitative estimate of drug-likeness (QED) is 0.351. The molecular formula is C20H26N4OS. The van der Waals surface area contributed by atoms with Gasteiger partial charge in [-0.25, -0.2) is 0 Å². The van der Waals surface area contributed by atoms with Crippen LogP contribution in [0.1, 0.15) is 6.42 Å². The van der Waals surface area contributed by atoms with E-state index >= 15 is 0 Å². The Kier molecular flexibility index (Phi) is 7.19. The van der Waals surface area contributed by atoms with Crippen LogP contribution in [0.5, 0.6) is 5.75 Å². The second-order valence-corrected chi connectivity index (χ2v) is 7.33. The van der Waals surface area contributed by atoms with E-state index in [1.54, 1.807) is 12.4 Å². The molecule has 1 aromatic carbocycles. The fourth-order valence-corrected chi connectivity index (χ4v) is 4.04. The summed E-state index contributed by atoms with van der Waals surface area (Å²) in [5.74, 6) is 3.61. The SMILES string of the molecule is CN=C(NCCOc1cccnc1)N1CCC(CSc2ccccc2)C1. The average molecular weight is 371 g/mol. The highest BCUT2D eigenvalue weighted by Crippen LogP contribution is 2.25. The first-order valence-electron chi connectivity index (χ1n) is 9.01. The molecule has 0 amide bonds. The highest BCUT2D eigenvalue weighted by Gasteiger charge is 2.24. The van der Waals surface area contributed by atoms with Crippen LogP contribution in [-0.4, -0.2) is 54.9 Å². The number of benzene rings is 1. The molecule has 1 atom stereocenters. The number of likely N-dealkylation sites (tertiary alicyclic amines) is 1. The summed E-state index contributed by atoms with van der Waals surface area (Å²) in [5, 5.41) is 3.40. The third-order valence-electron chi connectivity index (χ3n) is 4.31. The van der Waals surface area contributed by atoms with Crippen LogP contribution in [0, 0.1) is 5.92 Å². The molecule has 138 valence electrons. The van der Waals surface area contributed by atoms with Crippen molar-refractivity contribution >= 4 is 17.7 Å². The van der Waals surface area contributed by atoms with E-state index in [1.807, 2.05) is 30.9 Å². The molecule has 1 aliphatic heterocycles. The lowest BCUT2D eigenvalue weighted by atomic mass is 10.2. The Hall–Kier alpha value is -2.21. The van der Waals surface area contributed by atoms with Gasteiger partial charge in [0.15, 0.2) is 5.96 Å². The topological polar surface area (TPSA) is 49.8 Å². The number of guanidine groups is 1. The van der Waals surface area contributed by atoms with Crippen LogP contribution < -0.4 is 10.1 Å². The second kappa shape index (κ2) is 10.1. The number of aromatic nitrogens is 1. The third-order valence-corrected chi connectivity index (χ3v) is 5.56. The summed E-state index contributed by atoms with van der Waals surface area (Å²) in [6.07, 6.45) is 4.68. The first kappa shape index (κ1) is 18.6. The minimum absolute atomic E-state index is 0.589. The molecule has 1 fully saturated rings. The maximum atomic E-state index is 5.67. The molecule has 1 saturated heterocycles. The molecule has 1 aliphatic rings. The lowest BCUT2D eigenvalue weighted by Gasteiger charge is -2.21. The summed E-state index contributed by atoms with van der Waals surface area (Å²) < 4.78 is 5.67. The highest BCUT2D eigenvalue weighted by atomic mass is 32.2. The van der Waals surface area contributed by atoms with E-state index in [-0.39, 0.29) is 0 Å². The largest absolute Gasteiger partial charge is 0.490 e. The van der Waals surface area contributed by atoms with E-state index in [0.717, 1.165) is 37.1 Å². The van der Waals surface area contributed by atoms with E-state index < -0.39 is 0 Å². The van der Waals surface area contributed by atoms with Crippen molar-refractivity contribution in [3.05, 3.63) is 54.9 Å². The van der Waals surface area contributed by atoms with Crippen molar-refractivity contribution in [2.75, 3.05) is 39.0 Å². The Morgan fingerprint density at radius 3 is 2.96 bits per heavy atom. The number of aliphatic imine (C=N–C) groups is 1. The smallest absolute Gasteiger partial charge is 0.193 e. The Balaban J connectivity index is 1.37. The zero-order chi connectivity index (χ0) is 18.0. The summed E-state index contributed by atoms with van der Waals surface area (Å²) in [7, 11) is 1.84. The van der Waals surface area contributed by atoms with Crippen molar-refractivity contribution in [1.82, 2.24) is 15.2 Å². The van der Waals surface area contributed by atoms with Crippen LogP contribution in [0.3, 0.4) is 0 Å². The molecule has 1 aromatic heterocycles. The molecule has 6 heteroatoms. The average Bonchev–Trinajstić information content (AvgIpc) is 3.17. The molecule has 2 heterocycles. The molecule has 0 radical (unpaired) electrons. The first-order chi connectivity index (χ1) is 12.8. The van der Waals surface area contributed by atoms with Gasteiger partial charge in [-0.05, 0) is 36.6 Å². The van der Waals surface area contributed by atoms with Crippen LogP contribution in [0.15, 0.2) is 64.7 Å². The van der Waals surface area contributed by atoms with Gasteiger partial charge >= 0.3 is 0 Å². The van der Waals surface area contributed by atoms with Gasteiger partial charge in [0.05, 0.1) is 12.7 Å². The van der Waals surface area contributed by atoms with Gasteiger partial charge in [-0.1, -0.05) is 18.2 Å². The van der Waals surface area contributed by atoms with Crippen molar-refractivity contribution in [2.45, 2.75) is 11.3 Å². The van der Waals surface area contributed by atoms with Gasteiger partial charge in [-0.2, -0.15) is 0 Å². The molecule has 0 spiro atoms. The van der Waals surface area contributed by atoms with Crippen molar-refractivity contribution in [2.24, 2.45) is 10.9 Å². The van der Waals surface area contributed by atoms with Crippen molar-refractivity contribution in [3.8, 4) is 5.75 Å². The van der Waals surface area contributed by atoms with E-state index in [9.17, 15) is 0 Å². The number of nitrogens with one attached hydrogen (secondary N) is 1. The minimum atomic E-state index is 0.589. The lowest BCUT2D eigenvalue weighted by molar-refractivity contribution is 0.318. The number of pyridine rings is 1. The molecule has 1 unspecified atom stereocenters. The number of thioether (sulfide) groups is 1. The second-order valence-electron chi connectivity index (χ2n) is 6.24. The Morgan fingerprint density at radius 1 is 1.31 bits per heavy atom. The number of nitrogens with zero attached hydrogens (tertiary/aromatic N) is 3. The third kappa shape index (κ3) is 5.66. The fraction of sp³-hybridized carbons (Fsp3) is 0.400. The lowest BCUT2D eigenvalue weighted by Crippen LogP contribution is -2.41. The summed E-state index contributed by atoms with van der Waals surface area (Å²) in [6.45, 7) is 3.43. The van der Waals surface area contributed by atoms with E-state index in [4.69, 9.17) is 4.74 Å². The molecule has 1 N–H and O–H groups in total. The Bertz CT molecular complexity index is 681. The Labute approximate surface area is 159 Å². The summed E-state index contributed by atoms with van der Waals surface area (Å²) in [5.41, 5.74) is 0. The van der Waals surface area contributed by atoms with E-state index in [2.05, 4.69) is 50.5 Å². The number of ether oxygens (including phenoxy) is 1. The van der Waals surface area contributed by atoms with Gasteiger partial charge in [-0.3, -0.25) is 9.98 Å². The monoisotopic (exact) mass is 370 g/mol. The predicted molar refractivity (Wildman–Crippen MR) is 108 cm³/mol. The van der Waals surface area contributed by atoms with Gasteiger partial charge in [0.2, 0.25) is 0 Å². The normalized spacial score (nSPS) is 17.3. The maximum absolute atomic E-state index is 5.67. The fourth-order valence-electron chi connectivity index (χ4n) is 2.99. The standard InChI is InChI=1S/C20H26N4OS/c1-21-20(23-11-13-25-18-6-5-10-22-14-18)24-12-9-17(15-24)16-26-19-7-3-2-4-8-19/h2-8,10,14,17H,9,11-13,15-16H2,1H3,(H,21,23). The highest BCUT2D eigenvalue weighted by molar-refractivity contribution is 7.99. The molecular weight excluding hydrogens is 344 g/mol. The van der Waals surface area contributed by atoms with E-state index in [0.29, 0.717) is 12.5 Å². The van der Waals surface area contributed by atoms with Crippen LogP contribution in [-0.2, 0) is 0 Å².